The fourth-order valence-corrected chi connectivity index (χ4v) is 1.99. The van der Waals surface area contributed by atoms with E-state index in [4.69, 9.17) is 9.47 Å². The molecule has 0 atom stereocenters. The Morgan fingerprint density at radius 2 is 1.76 bits per heavy atom. The van der Waals surface area contributed by atoms with Crippen LogP contribution in [0.15, 0.2) is 48.5 Å². The van der Waals surface area contributed by atoms with Crippen LogP contribution in [-0.4, -0.2) is 31.0 Å². The zero-order chi connectivity index (χ0) is 18.4. The number of anilines is 1. The number of carbonyl (C=O) groups is 2. The predicted octanol–water partition coefficient (Wildman–Crippen LogP) is 2.95. The van der Waals surface area contributed by atoms with Crippen LogP contribution in [-0.2, 0) is 9.59 Å². The molecule has 7 heteroatoms. The van der Waals surface area contributed by atoms with Crippen LogP contribution in [0.5, 0.6) is 11.5 Å². The van der Waals surface area contributed by atoms with Crippen LogP contribution >= 0.6 is 0 Å². The van der Waals surface area contributed by atoms with E-state index >= 15 is 0 Å². The molecule has 25 heavy (non-hydrogen) atoms. The van der Waals surface area contributed by atoms with Crippen molar-refractivity contribution in [3.8, 4) is 11.5 Å². The molecule has 0 unspecified atom stereocenters. The SMILES string of the molecule is COc1ccc(OC)c(NC(=O)C(=O)/C=C(\O)c2ccc(F)cc2)c1. The van der Waals surface area contributed by atoms with Gasteiger partial charge in [-0.3, -0.25) is 9.59 Å². The number of ketones is 1. The molecule has 0 aromatic heterocycles. The van der Waals surface area contributed by atoms with E-state index in [0.29, 0.717) is 11.5 Å². The minimum Gasteiger partial charge on any atom is -0.507 e. The number of ether oxygens (including phenoxy) is 2. The van der Waals surface area contributed by atoms with Gasteiger partial charge >= 0.3 is 0 Å². The molecule has 2 aromatic rings. The summed E-state index contributed by atoms with van der Waals surface area (Å²) in [5, 5.41) is 12.3. The summed E-state index contributed by atoms with van der Waals surface area (Å²) >= 11 is 0. The van der Waals surface area contributed by atoms with Crippen LogP contribution in [0.2, 0.25) is 0 Å². The minimum absolute atomic E-state index is 0.210. The molecule has 2 N–H and O–H groups in total. The molecule has 0 saturated carbocycles. The Bertz CT molecular complexity index is 815. The molecule has 0 saturated heterocycles. The number of aliphatic hydroxyl groups is 1. The Morgan fingerprint density at radius 3 is 2.36 bits per heavy atom. The number of nitrogens with one attached hydrogen (secondary N) is 1. The second-order valence-electron chi connectivity index (χ2n) is 4.92. The molecule has 1 amide bonds. The van der Waals surface area contributed by atoms with E-state index in [1.807, 2.05) is 0 Å². The van der Waals surface area contributed by atoms with Gasteiger partial charge in [-0.25, -0.2) is 4.39 Å². The van der Waals surface area contributed by atoms with E-state index < -0.39 is 23.3 Å². The van der Waals surface area contributed by atoms with Crippen molar-refractivity contribution in [3.05, 3.63) is 59.9 Å². The summed E-state index contributed by atoms with van der Waals surface area (Å²) in [6, 6.07) is 9.54. The first-order valence-electron chi connectivity index (χ1n) is 7.18. The van der Waals surface area contributed by atoms with E-state index in [2.05, 4.69) is 5.32 Å². The largest absolute Gasteiger partial charge is 0.507 e. The van der Waals surface area contributed by atoms with Gasteiger partial charge in [0.1, 0.15) is 23.1 Å². The van der Waals surface area contributed by atoms with Crippen molar-refractivity contribution in [1.82, 2.24) is 0 Å². The van der Waals surface area contributed by atoms with Crippen molar-refractivity contribution in [1.29, 1.82) is 0 Å². The van der Waals surface area contributed by atoms with Gasteiger partial charge in [-0.05, 0) is 36.4 Å². The predicted molar refractivity (Wildman–Crippen MR) is 90.2 cm³/mol. The Hall–Kier alpha value is -3.35. The second kappa shape index (κ2) is 7.96. The fraction of sp³-hybridized carbons (Fsp3) is 0.111. The molecular weight excluding hydrogens is 329 g/mol. The molecule has 0 radical (unpaired) electrons. The maximum Gasteiger partial charge on any atom is 0.296 e. The van der Waals surface area contributed by atoms with Crippen LogP contribution in [0.25, 0.3) is 5.76 Å². The first-order chi connectivity index (χ1) is 11.9. The van der Waals surface area contributed by atoms with Crippen molar-refractivity contribution in [2.75, 3.05) is 19.5 Å². The average Bonchev–Trinajstić information content (AvgIpc) is 2.61. The van der Waals surface area contributed by atoms with E-state index in [9.17, 15) is 19.1 Å². The number of rotatable bonds is 6. The molecule has 130 valence electrons. The van der Waals surface area contributed by atoms with Crippen LogP contribution in [0.3, 0.4) is 0 Å². The van der Waals surface area contributed by atoms with Crippen molar-refractivity contribution in [3.63, 3.8) is 0 Å². The van der Waals surface area contributed by atoms with Gasteiger partial charge in [-0.1, -0.05) is 0 Å². The number of hydrogen-bond acceptors (Lipinski definition) is 5. The van der Waals surface area contributed by atoms with Crippen molar-refractivity contribution in [2.24, 2.45) is 0 Å². The minimum atomic E-state index is -0.980. The maximum atomic E-state index is 12.9. The quantitative estimate of drug-likeness (QED) is 0.478. The van der Waals surface area contributed by atoms with E-state index in [0.717, 1.165) is 18.2 Å². The van der Waals surface area contributed by atoms with Crippen LogP contribution in [0, 0.1) is 5.82 Å². The number of amides is 1. The van der Waals surface area contributed by atoms with Crippen molar-refractivity contribution >= 4 is 23.1 Å². The van der Waals surface area contributed by atoms with E-state index in [1.54, 1.807) is 12.1 Å². The van der Waals surface area contributed by atoms with Crippen LogP contribution < -0.4 is 14.8 Å². The summed E-state index contributed by atoms with van der Waals surface area (Å²) in [7, 11) is 2.88. The molecule has 0 bridgehead atoms. The van der Waals surface area contributed by atoms with E-state index in [1.165, 1.54) is 32.4 Å². The Labute approximate surface area is 143 Å². The standard InChI is InChI=1S/C18H16FNO5/c1-24-13-7-8-17(25-2)14(9-13)20-18(23)16(22)10-15(21)11-3-5-12(19)6-4-11/h3-10,21H,1-2H3,(H,20,23)/b15-10-. The van der Waals surface area contributed by atoms with Gasteiger partial charge in [0.2, 0.25) is 5.78 Å². The molecular formula is C18H16FNO5. The number of hydrogen-bond donors (Lipinski definition) is 2. The smallest absolute Gasteiger partial charge is 0.296 e. The van der Waals surface area contributed by atoms with Gasteiger partial charge in [0.15, 0.2) is 0 Å². The summed E-state index contributed by atoms with van der Waals surface area (Å²) in [5.41, 5.74) is 0.455. The normalized spacial score (nSPS) is 10.9. The average molecular weight is 345 g/mol. The summed E-state index contributed by atoms with van der Waals surface area (Å²) in [6.45, 7) is 0. The molecule has 0 aliphatic rings. The van der Waals surface area contributed by atoms with Gasteiger partial charge in [0.25, 0.3) is 5.91 Å². The summed E-state index contributed by atoms with van der Waals surface area (Å²) in [4.78, 5) is 24.0. The molecule has 2 aromatic carbocycles. The monoisotopic (exact) mass is 345 g/mol. The zero-order valence-corrected chi connectivity index (χ0v) is 13.6. The lowest BCUT2D eigenvalue weighted by molar-refractivity contribution is -0.132. The van der Waals surface area contributed by atoms with Crippen LogP contribution in [0.1, 0.15) is 5.56 Å². The third-order valence-corrected chi connectivity index (χ3v) is 3.29. The third kappa shape index (κ3) is 4.57. The highest BCUT2D eigenvalue weighted by atomic mass is 19.1. The molecule has 0 heterocycles. The first-order valence-corrected chi connectivity index (χ1v) is 7.18. The summed E-state index contributed by atoms with van der Waals surface area (Å²) < 4.78 is 23.0. The number of carbonyl (C=O) groups excluding carboxylic acids is 2. The number of benzene rings is 2. The van der Waals surface area contributed by atoms with Gasteiger partial charge in [0, 0.05) is 17.7 Å². The molecule has 0 aliphatic carbocycles. The first kappa shape index (κ1) is 18.0. The molecule has 0 fully saturated rings. The lowest BCUT2D eigenvalue weighted by Crippen LogP contribution is -2.21. The van der Waals surface area contributed by atoms with Crippen molar-refractivity contribution in [2.45, 2.75) is 0 Å². The molecule has 2 rings (SSSR count). The lowest BCUT2D eigenvalue weighted by Gasteiger charge is -2.10. The number of methoxy groups -OCH3 is 2. The van der Waals surface area contributed by atoms with Crippen LogP contribution in [0.4, 0.5) is 10.1 Å². The summed E-state index contributed by atoms with van der Waals surface area (Å²) in [5.74, 6) is -2.07. The van der Waals surface area contributed by atoms with E-state index in [-0.39, 0.29) is 11.3 Å². The van der Waals surface area contributed by atoms with Gasteiger partial charge in [-0.15, -0.1) is 0 Å². The highest BCUT2D eigenvalue weighted by Gasteiger charge is 2.16. The van der Waals surface area contributed by atoms with Gasteiger partial charge in [-0.2, -0.15) is 0 Å². The van der Waals surface area contributed by atoms with Gasteiger partial charge < -0.3 is 19.9 Å². The Kier molecular flexibility index (Phi) is 5.73. The molecule has 0 aliphatic heterocycles. The highest BCUT2D eigenvalue weighted by Crippen LogP contribution is 2.28. The second-order valence-corrected chi connectivity index (χ2v) is 4.92. The Balaban J connectivity index is 2.16. The number of halogens is 1. The fourth-order valence-electron chi connectivity index (χ4n) is 1.99. The highest BCUT2D eigenvalue weighted by molar-refractivity contribution is 6.45. The Morgan fingerprint density at radius 1 is 1.08 bits per heavy atom. The van der Waals surface area contributed by atoms with Crippen molar-refractivity contribution < 1.29 is 28.6 Å². The summed E-state index contributed by atoms with van der Waals surface area (Å²) in [6.07, 6.45) is 0.759. The number of aliphatic hydroxyl groups excluding tert-OH is 1. The maximum absolute atomic E-state index is 12.9. The third-order valence-electron chi connectivity index (χ3n) is 3.29. The van der Waals surface area contributed by atoms with Gasteiger partial charge in [0.05, 0.1) is 19.9 Å². The molecule has 0 spiro atoms. The topological polar surface area (TPSA) is 84.9 Å². The molecule has 6 nitrogen and oxygen atoms in total. The lowest BCUT2D eigenvalue weighted by atomic mass is 10.1. The zero-order valence-electron chi connectivity index (χ0n) is 13.6.